The highest BCUT2D eigenvalue weighted by Crippen LogP contribution is 2.33. The van der Waals surface area contributed by atoms with Crippen LogP contribution in [0.2, 0.25) is 0 Å². The minimum Gasteiger partial charge on any atom is -0.330 e. The molecule has 1 saturated carbocycles. The highest BCUT2D eigenvalue weighted by Gasteiger charge is 2.43. The van der Waals surface area contributed by atoms with Gasteiger partial charge in [-0.1, -0.05) is 20.8 Å². The molecule has 1 fully saturated rings. The molecule has 5 heteroatoms. The molecule has 0 aromatic rings. The Balaban J connectivity index is 2.71. The number of alkyl halides is 3. The molecule has 1 amide bonds. The topological polar surface area (TPSA) is 20.3 Å². The molecule has 0 radical (unpaired) electrons. The fourth-order valence-corrected chi connectivity index (χ4v) is 1.38. The van der Waals surface area contributed by atoms with Crippen molar-refractivity contribution in [3.8, 4) is 0 Å². The van der Waals surface area contributed by atoms with Crippen LogP contribution in [0.3, 0.4) is 0 Å². The van der Waals surface area contributed by atoms with Crippen molar-refractivity contribution >= 4 is 5.91 Å². The van der Waals surface area contributed by atoms with Gasteiger partial charge in [0.05, 0.1) is 0 Å². The van der Waals surface area contributed by atoms with Crippen LogP contribution < -0.4 is 0 Å². The van der Waals surface area contributed by atoms with Gasteiger partial charge >= 0.3 is 6.18 Å². The molecule has 15 heavy (non-hydrogen) atoms. The maximum Gasteiger partial charge on any atom is 0.406 e. The number of carbonyl (C=O) groups excluding carboxylic acids is 1. The van der Waals surface area contributed by atoms with E-state index >= 15 is 0 Å². The first kappa shape index (κ1) is 12.3. The highest BCUT2D eigenvalue weighted by atomic mass is 19.4. The predicted octanol–water partition coefficient (Wildman–Crippen LogP) is 2.59. The van der Waals surface area contributed by atoms with Crippen molar-refractivity contribution in [2.75, 3.05) is 6.54 Å². The summed E-state index contributed by atoms with van der Waals surface area (Å²) in [6.07, 6.45) is -2.92. The lowest BCUT2D eigenvalue weighted by Crippen LogP contribution is -2.45. The standard InChI is InChI=1S/C10H16F3NO/c1-9(2,3)8(15)14(7-4-5-7)6-10(11,12)13/h7H,4-6H2,1-3H3. The predicted molar refractivity (Wildman–Crippen MR) is 50.2 cm³/mol. The maximum absolute atomic E-state index is 12.2. The van der Waals surface area contributed by atoms with Gasteiger partial charge in [0.1, 0.15) is 6.54 Å². The summed E-state index contributed by atoms with van der Waals surface area (Å²) in [7, 11) is 0. The molecular weight excluding hydrogens is 207 g/mol. The van der Waals surface area contributed by atoms with E-state index in [1.165, 1.54) is 0 Å². The molecule has 1 aliphatic carbocycles. The summed E-state index contributed by atoms with van der Waals surface area (Å²) in [4.78, 5) is 12.7. The molecule has 1 rings (SSSR count). The van der Waals surface area contributed by atoms with Gasteiger partial charge in [-0.3, -0.25) is 4.79 Å². The maximum atomic E-state index is 12.2. The molecule has 0 atom stereocenters. The number of nitrogens with zero attached hydrogens (tertiary/aromatic N) is 1. The molecule has 0 unspecified atom stereocenters. The molecule has 0 spiro atoms. The minimum absolute atomic E-state index is 0.196. The number of amides is 1. The Morgan fingerprint density at radius 3 is 2.00 bits per heavy atom. The number of hydrogen-bond donors (Lipinski definition) is 0. The van der Waals surface area contributed by atoms with Crippen LogP contribution in [0.4, 0.5) is 13.2 Å². The van der Waals surface area contributed by atoms with E-state index in [1.54, 1.807) is 20.8 Å². The first-order chi connectivity index (χ1) is 6.61. The molecule has 88 valence electrons. The van der Waals surface area contributed by atoms with Gasteiger partial charge in [-0.2, -0.15) is 13.2 Å². The van der Waals surface area contributed by atoms with E-state index in [9.17, 15) is 18.0 Å². The van der Waals surface area contributed by atoms with Gasteiger partial charge in [0.2, 0.25) is 5.91 Å². The van der Waals surface area contributed by atoms with Gasteiger partial charge in [-0.05, 0) is 12.8 Å². The average Bonchev–Trinajstić information content (AvgIpc) is 2.77. The fraction of sp³-hybridized carbons (Fsp3) is 0.900. The molecule has 0 aromatic heterocycles. The largest absolute Gasteiger partial charge is 0.406 e. The van der Waals surface area contributed by atoms with Crippen molar-refractivity contribution < 1.29 is 18.0 Å². The third-order valence-corrected chi connectivity index (χ3v) is 2.24. The number of carbonyl (C=O) groups is 1. The number of rotatable bonds is 2. The van der Waals surface area contributed by atoms with Crippen LogP contribution in [0.1, 0.15) is 33.6 Å². The van der Waals surface area contributed by atoms with Crippen LogP contribution >= 0.6 is 0 Å². The summed E-state index contributed by atoms with van der Waals surface area (Å²) in [5.74, 6) is -0.415. The summed E-state index contributed by atoms with van der Waals surface area (Å²) in [6, 6.07) is -0.196. The molecule has 0 heterocycles. The van der Waals surface area contributed by atoms with Crippen molar-refractivity contribution in [2.24, 2.45) is 5.41 Å². The Morgan fingerprint density at radius 1 is 1.27 bits per heavy atom. The average molecular weight is 223 g/mol. The Hall–Kier alpha value is -0.740. The van der Waals surface area contributed by atoms with Gasteiger partial charge in [-0.25, -0.2) is 0 Å². The SMILES string of the molecule is CC(C)(C)C(=O)N(CC(F)(F)F)C1CC1. The van der Waals surface area contributed by atoms with E-state index in [0.29, 0.717) is 12.8 Å². The zero-order valence-corrected chi connectivity index (χ0v) is 9.19. The van der Waals surface area contributed by atoms with Crippen LogP contribution in [0.25, 0.3) is 0 Å². The van der Waals surface area contributed by atoms with Crippen LogP contribution in [-0.4, -0.2) is 29.6 Å². The normalized spacial score (nSPS) is 17.7. The Labute approximate surface area is 87.4 Å². The zero-order valence-electron chi connectivity index (χ0n) is 9.19. The first-order valence-electron chi connectivity index (χ1n) is 4.99. The Bertz CT molecular complexity index is 250. The van der Waals surface area contributed by atoms with E-state index in [1.807, 2.05) is 0 Å². The minimum atomic E-state index is -4.30. The third kappa shape index (κ3) is 3.72. The van der Waals surface area contributed by atoms with E-state index in [4.69, 9.17) is 0 Å². The van der Waals surface area contributed by atoms with Gasteiger partial charge in [0, 0.05) is 11.5 Å². The monoisotopic (exact) mass is 223 g/mol. The number of halogens is 3. The quantitative estimate of drug-likeness (QED) is 0.704. The number of hydrogen-bond acceptors (Lipinski definition) is 1. The smallest absolute Gasteiger partial charge is 0.330 e. The molecule has 0 aromatic carbocycles. The Kier molecular flexibility index (Phi) is 3.03. The van der Waals surface area contributed by atoms with Crippen LogP contribution in [0.15, 0.2) is 0 Å². The molecular formula is C10H16F3NO. The van der Waals surface area contributed by atoms with E-state index < -0.39 is 24.0 Å². The fourth-order valence-electron chi connectivity index (χ4n) is 1.38. The first-order valence-corrected chi connectivity index (χ1v) is 4.99. The molecule has 0 bridgehead atoms. The van der Waals surface area contributed by atoms with Crippen molar-refractivity contribution in [2.45, 2.75) is 45.8 Å². The van der Waals surface area contributed by atoms with Crippen LogP contribution in [-0.2, 0) is 4.79 Å². The van der Waals surface area contributed by atoms with Crippen LogP contribution in [0, 0.1) is 5.41 Å². The second kappa shape index (κ2) is 3.68. The lowest BCUT2D eigenvalue weighted by molar-refractivity contribution is -0.167. The molecule has 1 aliphatic rings. The van der Waals surface area contributed by atoms with Crippen molar-refractivity contribution in [1.29, 1.82) is 0 Å². The Morgan fingerprint density at radius 2 is 1.73 bits per heavy atom. The van der Waals surface area contributed by atoms with Gasteiger partial charge in [0.25, 0.3) is 0 Å². The molecule has 2 nitrogen and oxygen atoms in total. The molecule has 0 saturated heterocycles. The van der Waals surface area contributed by atoms with Crippen LogP contribution in [0.5, 0.6) is 0 Å². The summed E-state index contributed by atoms with van der Waals surface area (Å²) < 4.78 is 36.7. The van der Waals surface area contributed by atoms with E-state index in [-0.39, 0.29) is 6.04 Å². The molecule has 0 aliphatic heterocycles. The van der Waals surface area contributed by atoms with Gasteiger partial charge < -0.3 is 4.90 Å². The van der Waals surface area contributed by atoms with E-state index in [0.717, 1.165) is 4.90 Å². The third-order valence-electron chi connectivity index (χ3n) is 2.24. The second-order valence-electron chi connectivity index (χ2n) is 5.03. The van der Waals surface area contributed by atoms with Gasteiger partial charge in [-0.15, -0.1) is 0 Å². The second-order valence-corrected chi connectivity index (χ2v) is 5.03. The lowest BCUT2D eigenvalue weighted by Gasteiger charge is -2.30. The van der Waals surface area contributed by atoms with Crippen molar-refractivity contribution in [3.05, 3.63) is 0 Å². The highest BCUT2D eigenvalue weighted by molar-refractivity contribution is 5.82. The van der Waals surface area contributed by atoms with Crippen molar-refractivity contribution in [3.63, 3.8) is 0 Å². The summed E-state index contributed by atoms with van der Waals surface area (Å²) in [5.41, 5.74) is -0.742. The van der Waals surface area contributed by atoms with Crippen molar-refractivity contribution in [1.82, 2.24) is 4.90 Å². The van der Waals surface area contributed by atoms with E-state index in [2.05, 4.69) is 0 Å². The summed E-state index contributed by atoms with van der Waals surface area (Å²) in [6.45, 7) is 3.80. The zero-order chi connectivity index (χ0) is 11.9. The van der Waals surface area contributed by atoms with Gasteiger partial charge in [0.15, 0.2) is 0 Å². The lowest BCUT2D eigenvalue weighted by atomic mass is 9.94. The summed E-state index contributed by atoms with van der Waals surface area (Å²) in [5, 5.41) is 0. The summed E-state index contributed by atoms with van der Waals surface area (Å²) >= 11 is 0. The molecule has 0 N–H and O–H groups in total.